The third kappa shape index (κ3) is 3.62. The molecule has 0 aromatic heterocycles. The second-order valence-corrected chi connectivity index (χ2v) is 8.51. The zero-order chi connectivity index (χ0) is 20.7. The van der Waals surface area contributed by atoms with Gasteiger partial charge in [-0.2, -0.15) is 23.3 Å². The van der Waals surface area contributed by atoms with Gasteiger partial charge in [-0.15, -0.1) is 0 Å². The minimum Gasteiger partial charge on any atom is -0.484 e. The molecule has 1 amide bonds. The van der Waals surface area contributed by atoms with Crippen LogP contribution in [-0.2, 0) is 4.79 Å². The van der Waals surface area contributed by atoms with E-state index in [0.29, 0.717) is 18.6 Å². The van der Waals surface area contributed by atoms with Crippen LogP contribution in [0, 0.1) is 17.3 Å². The number of rotatable bonds is 3. The van der Waals surface area contributed by atoms with Gasteiger partial charge in [-0.1, -0.05) is 39.0 Å². The molecule has 1 saturated carbocycles. The van der Waals surface area contributed by atoms with E-state index < -0.39 is 30.3 Å². The monoisotopic (exact) mass is 398 g/mol. The molecule has 28 heavy (non-hydrogen) atoms. The zero-order valence-electron chi connectivity index (χ0n) is 16.2. The van der Waals surface area contributed by atoms with E-state index in [4.69, 9.17) is 4.74 Å². The highest BCUT2D eigenvalue weighted by atomic mass is 19.4. The van der Waals surface area contributed by atoms with Gasteiger partial charge in [0.25, 0.3) is 11.6 Å². The number of carbonyl (C=O) groups excluding carboxylic acids is 1. The van der Waals surface area contributed by atoms with Crippen LogP contribution in [0.25, 0.3) is 0 Å². The number of benzene rings is 1. The van der Waals surface area contributed by atoms with Crippen molar-refractivity contribution in [3.05, 3.63) is 30.3 Å². The summed E-state index contributed by atoms with van der Waals surface area (Å²) in [4.78, 5) is 12.5. The maximum atomic E-state index is 14.0. The lowest BCUT2D eigenvalue weighted by Gasteiger charge is -2.42. The molecule has 1 aliphatic carbocycles. The third-order valence-electron chi connectivity index (χ3n) is 5.69. The smallest absolute Gasteiger partial charge is 0.439 e. The molecule has 0 radical (unpaired) electrons. The summed E-state index contributed by atoms with van der Waals surface area (Å²) in [6.07, 6.45) is -3.91. The summed E-state index contributed by atoms with van der Waals surface area (Å²) in [6, 6.07) is 8.30. The number of carbonyl (C=O) groups is 1. The van der Waals surface area contributed by atoms with E-state index >= 15 is 0 Å². The van der Waals surface area contributed by atoms with Crippen molar-refractivity contribution < 1.29 is 27.8 Å². The number of para-hydroxylation sites is 1. The van der Waals surface area contributed by atoms with Crippen molar-refractivity contribution in [1.82, 2.24) is 5.01 Å². The maximum absolute atomic E-state index is 14.0. The Bertz CT molecular complexity index is 758. The summed E-state index contributed by atoms with van der Waals surface area (Å²) in [5.74, 6) is -1.95. The van der Waals surface area contributed by atoms with Gasteiger partial charge in [0.05, 0.1) is 5.92 Å². The van der Waals surface area contributed by atoms with E-state index in [0.717, 1.165) is 0 Å². The molecule has 3 rings (SSSR count). The number of aliphatic hydroxyl groups is 1. The predicted molar refractivity (Wildman–Crippen MR) is 97.5 cm³/mol. The second-order valence-electron chi connectivity index (χ2n) is 8.51. The lowest BCUT2D eigenvalue weighted by Crippen LogP contribution is -2.62. The summed E-state index contributed by atoms with van der Waals surface area (Å²) in [7, 11) is 0. The highest BCUT2D eigenvalue weighted by molar-refractivity contribution is 5.93. The molecule has 1 aliphatic heterocycles. The first-order valence-corrected chi connectivity index (χ1v) is 9.32. The normalized spacial score (nSPS) is 28.0. The summed E-state index contributed by atoms with van der Waals surface area (Å²) < 4.78 is 47.1. The van der Waals surface area contributed by atoms with Gasteiger partial charge in [0.2, 0.25) is 0 Å². The van der Waals surface area contributed by atoms with Gasteiger partial charge in [-0.25, -0.2) is 0 Å². The molecular weight excluding hydrogens is 373 g/mol. The lowest BCUT2D eigenvalue weighted by molar-refractivity contribution is -0.318. The molecule has 5 nitrogen and oxygen atoms in total. The average Bonchev–Trinajstić information content (AvgIpc) is 2.93. The first-order chi connectivity index (χ1) is 12.9. The number of fused-ring (bicyclic) bond motifs is 1. The number of halogens is 3. The Labute approximate surface area is 162 Å². The summed E-state index contributed by atoms with van der Waals surface area (Å²) in [6.45, 7) is 5.27. The fourth-order valence-electron chi connectivity index (χ4n) is 3.98. The lowest BCUT2D eigenvalue weighted by atomic mass is 9.66. The van der Waals surface area contributed by atoms with Gasteiger partial charge in [0.15, 0.2) is 6.61 Å². The van der Waals surface area contributed by atoms with Crippen molar-refractivity contribution in [1.29, 1.82) is 0 Å². The third-order valence-corrected chi connectivity index (χ3v) is 5.69. The minimum atomic E-state index is -5.04. The molecule has 2 aliphatic rings. The molecule has 154 valence electrons. The van der Waals surface area contributed by atoms with E-state index in [-0.39, 0.29) is 28.5 Å². The van der Waals surface area contributed by atoms with Crippen LogP contribution in [0.1, 0.15) is 40.0 Å². The molecule has 1 heterocycles. The molecule has 1 N–H and O–H groups in total. The van der Waals surface area contributed by atoms with Gasteiger partial charge in [-0.3, -0.25) is 4.79 Å². The Kier molecular flexibility index (Phi) is 5.20. The number of alkyl halides is 3. The molecule has 3 atom stereocenters. The van der Waals surface area contributed by atoms with Gasteiger partial charge in [0.1, 0.15) is 5.75 Å². The SMILES string of the molecule is CC(C)(C)[C@@H]1CCC2=NN(C(=O)COc3ccccc3)[C@@](O)(C(F)(F)F)[C@H]2C1. The molecule has 1 fully saturated rings. The standard InChI is InChI=1S/C20H25F3N2O3/c1-18(2,3)13-9-10-16-15(11-13)19(27,20(21,22)23)25(24-16)17(26)12-28-14-7-5-4-6-8-14/h4-8,13,15,27H,9-12H2,1-3H3/t13-,15+,19+/m1/s1. The van der Waals surface area contributed by atoms with Crippen molar-refractivity contribution in [3.8, 4) is 5.75 Å². The summed E-state index contributed by atoms with van der Waals surface area (Å²) in [5, 5.41) is 14.8. The van der Waals surface area contributed by atoms with Crippen LogP contribution in [0.4, 0.5) is 13.2 Å². The van der Waals surface area contributed by atoms with Crippen LogP contribution in [0.3, 0.4) is 0 Å². The van der Waals surface area contributed by atoms with Crippen molar-refractivity contribution in [2.24, 2.45) is 22.4 Å². The van der Waals surface area contributed by atoms with Crippen molar-refractivity contribution in [2.45, 2.75) is 51.9 Å². The fourth-order valence-corrected chi connectivity index (χ4v) is 3.98. The summed E-state index contributed by atoms with van der Waals surface area (Å²) in [5.41, 5.74) is -3.32. The molecular formula is C20H25F3N2O3. The van der Waals surface area contributed by atoms with E-state index in [9.17, 15) is 23.1 Å². The van der Waals surface area contributed by atoms with Crippen molar-refractivity contribution >= 4 is 11.6 Å². The first-order valence-electron chi connectivity index (χ1n) is 9.32. The molecule has 0 unspecified atom stereocenters. The van der Waals surface area contributed by atoms with Crippen LogP contribution >= 0.6 is 0 Å². The quantitative estimate of drug-likeness (QED) is 0.838. The highest BCUT2D eigenvalue weighted by Gasteiger charge is 2.69. The largest absolute Gasteiger partial charge is 0.484 e. The van der Waals surface area contributed by atoms with Crippen molar-refractivity contribution in [3.63, 3.8) is 0 Å². The number of ether oxygens (including phenoxy) is 1. The molecule has 1 aromatic carbocycles. The Morgan fingerprint density at radius 3 is 2.50 bits per heavy atom. The number of nitrogens with zero attached hydrogens (tertiary/aromatic N) is 2. The minimum absolute atomic E-state index is 0.0130. The Hall–Kier alpha value is -2.09. The Morgan fingerprint density at radius 2 is 1.93 bits per heavy atom. The number of hydrogen-bond donors (Lipinski definition) is 1. The van der Waals surface area contributed by atoms with E-state index in [2.05, 4.69) is 5.10 Å². The fraction of sp³-hybridized carbons (Fsp3) is 0.600. The van der Waals surface area contributed by atoms with E-state index in [1.807, 2.05) is 20.8 Å². The number of hydrogen-bond acceptors (Lipinski definition) is 4. The highest BCUT2D eigenvalue weighted by Crippen LogP contribution is 2.51. The number of hydrazone groups is 1. The topological polar surface area (TPSA) is 62.1 Å². The van der Waals surface area contributed by atoms with E-state index in [1.54, 1.807) is 30.3 Å². The van der Waals surface area contributed by atoms with Crippen LogP contribution in [0.2, 0.25) is 0 Å². The Morgan fingerprint density at radius 1 is 1.29 bits per heavy atom. The van der Waals surface area contributed by atoms with Crippen LogP contribution in [0.15, 0.2) is 35.4 Å². The predicted octanol–water partition coefficient (Wildman–Crippen LogP) is 3.98. The average molecular weight is 398 g/mol. The van der Waals surface area contributed by atoms with Crippen LogP contribution in [-0.4, -0.2) is 40.2 Å². The summed E-state index contributed by atoms with van der Waals surface area (Å²) >= 11 is 0. The maximum Gasteiger partial charge on any atom is 0.439 e. The van der Waals surface area contributed by atoms with Gasteiger partial charge in [0, 0.05) is 5.71 Å². The van der Waals surface area contributed by atoms with Crippen LogP contribution < -0.4 is 4.74 Å². The van der Waals surface area contributed by atoms with Crippen molar-refractivity contribution in [2.75, 3.05) is 6.61 Å². The van der Waals surface area contributed by atoms with Gasteiger partial charge < -0.3 is 9.84 Å². The molecule has 0 bridgehead atoms. The molecule has 8 heteroatoms. The zero-order valence-corrected chi connectivity index (χ0v) is 16.2. The molecule has 0 saturated heterocycles. The first kappa shape index (κ1) is 20.6. The van der Waals surface area contributed by atoms with Gasteiger partial charge >= 0.3 is 6.18 Å². The second kappa shape index (κ2) is 7.06. The molecule has 1 aromatic rings. The van der Waals surface area contributed by atoms with E-state index in [1.165, 1.54) is 0 Å². The van der Waals surface area contributed by atoms with Gasteiger partial charge in [-0.05, 0) is 42.7 Å². The molecule has 0 spiro atoms. The Balaban J connectivity index is 1.84. The van der Waals surface area contributed by atoms with Crippen LogP contribution in [0.5, 0.6) is 5.75 Å². The number of amides is 1.